The van der Waals surface area contributed by atoms with Crippen LogP contribution in [0.1, 0.15) is 30.1 Å². The molecule has 1 atom stereocenters. The number of aromatic amines is 1. The average Bonchev–Trinajstić information content (AvgIpc) is 3.16. The number of nitrogens with one attached hydrogen (secondary N) is 2. The zero-order valence-corrected chi connectivity index (χ0v) is 11.1. The first kappa shape index (κ1) is 12.7. The van der Waals surface area contributed by atoms with Gasteiger partial charge in [0.1, 0.15) is 5.54 Å². The van der Waals surface area contributed by atoms with Crippen LogP contribution in [0.4, 0.5) is 0 Å². The lowest BCUT2D eigenvalue weighted by atomic mass is 9.95. The molecular formula is C15H16N2O3. The lowest BCUT2D eigenvalue weighted by molar-refractivity contribution is -0.144. The fourth-order valence-corrected chi connectivity index (χ4v) is 2.57. The molecule has 0 saturated heterocycles. The second kappa shape index (κ2) is 4.37. The number of hydrogen-bond acceptors (Lipinski definition) is 2. The lowest BCUT2D eigenvalue weighted by Crippen LogP contribution is -2.54. The highest BCUT2D eigenvalue weighted by Crippen LogP contribution is 2.40. The van der Waals surface area contributed by atoms with Gasteiger partial charge in [0, 0.05) is 11.6 Å². The summed E-state index contributed by atoms with van der Waals surface area (Å²) < 4.78 is 0. The summed E-state index contributed by atoms with van der Waals surface area (Å²) in [4.78, 5) is 26.9. The first-order valence-electron chi connectivity index (χ1n) is 6.64. The highest BCUT2D eigenvalue weighted by molar-refractivity contribution is 6.07. The van der Waals surface area contributed by atoms with Gasteiger partial charge in [0.25, 0.3) is 5.91 Å². The number of carboxylic acids is 1. The van der Waals surface area contributed by atoms with E-state index in [1.54, 1.807) is 25.3 Å². The second-order valence-corrected chi connectivity index (χ2v) is 5.48. The summed E-state index contributed by atoms with van der Waals surface area (Å²) in [6, 6.07) is 7.27. The summed E-state index contributed by atoms with van der Waals surface area (Å²) in [6.45, 7) is 1.58. The van der Waals surface area contributed by atoms with E-state index in [4.69, 9.17) is 0 Å². The Kier molecular flexibility index (Phi) is 2.78. The number of amides is 1. The number of carbonyl (C=O) groups is 2. The molecule has 3 rings (SSSR count). The van der Waals surface area contributed by atoms with Gasteiger partial charge in [0.05, 0.1) is 11.1 Å². The fraction of sp³-hybridized carbons (Fsp3) is 0.333. The molecule has 0 bridgehead atoms. The van der Waals surface area contributed by atoms with Gasteiger partial charge in [0.15, 0.2) is 0 Å². The first-order valence-corrected chi connectivity index (χ1v) is 6.64. The maximum atomic E-state index is 12.4. The Labute approximate surface area is 116 Å². The van der Waals surface area contributed by atoms with E-state index in [1.165, 1.54) is 0 Å². The number of fused-ring (bicyclic) bond motifs is 1. The van der Waals surface area contributed by atoms with Crippen LogP contribution in [0.15, 0.2) is 30.5 Å². The average molecular weight is 272 g/mol. The summed E-state index contributed by atoms with van der Waals surface area (Å²) in [5, 5.41) is 13.0. The van der Waals surface area contributed by atoms with Crippen LogP contribution in [0.5, 0.6) is 0 Å². The number of carboxylic acid groups (broad SMARTS) is 1. The van der Waals surface area contributed by atoms with E-state index in [9.17, 15) is 14.7 Å². The molecule has 0 radical (unpaired) electrons. The number of para-hydroxylation sites is 1. The number of aliphatic carboxylic acids is 1. The number of benzene rings is 1. The molecule has 5 nitrogen and oxygen atoms in total. The fourth-order valence-electron chi connectivity index (χ4n) is 2.57. The van der Waals surface area contributed by atoms with Gasteiger partial charge in [-0.25, -0.2) is 4.79 Å². The predicted molar refractivity (Wildman–Crippen MR) is 74.5 cm³/mol. The van der Waals surface area contributed by atoms with E-state index in [0.717, 1.165) is 23.7 Å². The van der Waals surface area contributed by atoms with Crippen molar-refractivity contribution >= 4 is 22.8 Å². The van der Waals surface area contributed by atoms with Crippen molar-refractivity contribution in [1.82, 2.24) is 10.3 Å². The van der Waals surface area contributed by atoms with Crippen LogP contribution in [0.3, 0.4) is 0 Å². The van der Waals surface area contributed by atoms with Gasteiger partial charge in [-0.3, -0.25) is 4.79 Å². The van der Waals surface area contributed by atoms with Crippen LogP contribution < -0.4 is 5.32 Å². The SMILES string of the molecule is C[C@@](NC(=O)c1cccc2cc[nH]c12)(C(=O)O)C1CC1. The number of H-pyrrole nitrogens is 1. The van der Waals surface area contributed by atoms with Crippen molar-refractivity contribution in [1.29, 1.82) is 0 Å². The molecule has 1 aromatic heterocycles. The van der Waals surface area contributed by atoms with E-state index < -0.39 is 11.5 Å². The van der Waals surface area contributed by atoms with Crippen molar-refractivity contribution in [2.75, 3.05) is 0 Å². The molecule has 0 spiro atoms. The Hall–Kier alpha value is -2.30. The Morgan fingerprint density at radius 3 is 2.75 bits per heavy atom. The van der Waals surface area contributed by atoms with Crippen molar-refractivity contribution in [2.45, 2.75) is 25.3 Å². The molecule has 1 aliphatic carbocycles. The lowest BCUT2D eigenvalue weighted by Gasteiger charge is -2.26. The molecule has 1 fully saturated rings. The minimum absolute atomic E-state index is 0.0202. The maximum Gasteiger partial charge on any atom is 0.329 e. The number of rotatable bonds is 4. The number of carbonyl (C=O) groups excluding carboxylic acids is 1. The zero-order valence-electron chi connectivity index (χ0n) is 11.1. The van der Waals surface area contributed by atoms with Gasteiger partial charge in [-0.15, -0.1) is 0 Å². The molecule has 0 aliphatic heterocycles. The van der Waals surface area contributed by atoms with Crippen molar-refractivity contribution in [3.63, 3.8) is 0 Å². The quantitative estimate of drug-likeness (QED) is 0.797. The van der Waals surface area contributed by atoms with Gasteiger partial charge >= 0.3 is 5.97 Å². The molecule has 2 aromatic rings. The minimum atomic E-state index is -1.19. The third-order valence-electron chi connectivity index (χ3n) is 4.04. The Morgan fingerprint density at radius 1 is 1.35 bits per heavy atom. The molecule has 0 unspecified atom stereocenters. The Bertz CT molecular complexity index is 687. The molecule has 1 aliphatic rings. The van der Waals surface area contributed by atoms with Crippen LogP contribution in [0.2, 0.25) is 0 Å². The Balaban J connectivity index is 1.93. The third kappa shape index (κ3) is 1.95. The van der Waals surface area contributed by atoms with Crippen molar-refractivity contribution < 1.29 is 14.7 Å². The summed E-state index contributed by atoms with van der Waals surface area (Å²) >= 11 is 0. The minimum Gasteiger partial charge on any atom is -0.480 e. The molecule has 3 N–H and O–H groups in total. The molecule has 5 heteroatoms. The van der Waals surface area contributed by atoms with Gasteiger partial charge in [-0.2, -0.15) is 0 Å². The van der Waals surface area contributed by atoms with E-state index in [2.05, 4.69) is 10.3 Å². The molecule has 1 saturated carbocycles. The molecule has 1 heterocycles. The normalized spacial score (nSPS) is 17.6. The smallest absolute Gasteiger partial charge is 0.329 e. The topological polar surface area (TPSA) is 82.2 Å². The second-order valence-electron chi connectivity index (χ2n) is 5.48. The standard InChI is InChI=1S/C15H16N2O3/c1-15(14(19)20,10-5-6-10)17-13(18)11-4-2-3-9-7-8-16-12(9)11/h2-4,7-8,10,16H,5-6H2,1H3,(H,17,18)(H,19,20)/t15-/m0/s1. The zero-order chi connectivity index (χ0) is 14.3. The predicted octanol–water partition coefficient (Wildman–Crippen LogP) is 2.15. The highest BCUT2D eigenvalue weighted by atomic mass is 16.4. The molecule has 1 amide bonds. The monoisotopic (exact) mass is 272 g/mol. The van der Waals surface area contributed by atoms with E-state index in [-0.39, 0.29) is 11.8 Å². The summed E-state index contributed by atoms with van der Waals surface area (Å²) in [5.41, 5.74) is 0.0143. The van der Waals surface area contributed by atoms with Crippen LogP contribution in [-0.2, 0) is 4.79 Å². The van der Waals surface area contributed by atoms with E-state index in [0.29, 0.717) is 5.56 Å². The third-order valence-corrected chi connectivity index (χ3v) is 4.04. The van der Waals surface area contributed by atoms with Crippen LogP contribution in [0, 0.1) is 5.92 Å². The summed E-state index contributed by atoms with van der Waals surface area (Å²) in [6.07, 6.45) is 3.45. The highest BCUT2D eigenvalue weighted by Gasteiger charge is 2.48. The van der Waals surface area contributed by atoms with Crippen LogP contribution >= 0.6 is 0 Å². The summed E-state index contributed by atoms with van der Waals surface area (Å²) in [7, 11) is 0. The van der Waals surface area contributed by atoms with Gasteiger partial charge in [-0.05, 0) is 37.8 Å². The number of hydrogen-bond donors (Lipinski definition) is 3. The van der Waals surface area contributed by atoms with E-state index in [1.807, 2.05) is 12.1 Å². The van der Waals surface area contributed by atoms with E-state index >= 15 is 0 Å². The van der Waals surface area contributed by atoms with Gasteiger partial charge < -0.3 is 15.4 Å². The van der Waals surface area contributed by atoms with Crippen LogP contribution in [-0.4, -0.2) is 27.5 Å². The summed E-state index contributed by atoms with van der Waals surface area (Å²) in [5.74, 6) is -1.31. The molecule has 104 valence electrons. The Morgan fingerprint density at radius 2 is 2.10 bits per heavy atom. The first-order chi connectivity index (χ1) is 9.52. The van der Waals surface area contributed by atoms with Crippen molar-refractivity contribution in [2.24, 2.45) is 5.92 Å². The van der Waals surface area contributed by atoms with Gasteiger partial charge in [0.2, 0.25) is 0 Å². The maximum absolute atomic E-state index is 12.4. The largest absolute Gasteiger partial charge is 0.480 e. The van der Waals surface area contributed by atoms with Crippen molar-refractivity contribution in [3.05, 3.63) is 36.0 Å². The van der Waals surface area contributed by atoms with Crippen molar-refractivity contribution in [3.8, 4) is 0 Å². The molecule has 1 aromatic carbocycles. The molecule has 20 heavy (non-hydrogen) atoms. The van der Waals surface area contributed by atoms with Crippen LogP contribution in [0.25, 0.3) is 10.9 Å². The van der Waals surface area contributed by atoms with Gasteiger partial charge in [-0.1, -0.05) is 12.1 Å². The molecular weight excluding hydrogens is 256 g/mol. The number of aromatic nitrogens is 1.